The number of nitrogens with zero attached hydrogens (tertiary/aromatic N) is 3. The van der Waals surface area contributed by atoms with Crippen molar-refractivity contribution >= 4 is 21.5 Å². The van der Waals surface area contributed by atoms with E-state index in [0.717, 1.165) is 4.31 Å². The molecule has 0 saturated carbocycles. The monoisotopic (exact) mass is 312 g/mol. The molecule has 21 heavy (non-hydrogen) atoms. The van der Waals surface area contributed by atoms with Crippen molar-refractivity contribution in [1.29, 1.82) is 0 Å². The highest BCUT2D eigenvalue weighted by molar-refractivity contribution is 7.89. The lowest BCUT2D eigenvalue weighted by atomic mass is 10.1. The maximum Gasteiger partial charge on any atom is 0.263 e. The average Bonchev–Trinajstić information content (AvgIpc) is 2.85. The number of aliphatic hydroxyl groups excluding tert-OH is 1. The standard InChI is InChI=1S/C13H20N4O3S/c1-13(2,9-18)16(4)21(19,20)12-11(14-3)15-10-7-5-6-8-17(10)12/h5-8,14,18H,9H2,1-4H3. The van der Waals surface area contributed by atoms with Gasteiger partial charge in [-0.05, 0) is 26.0 Å². The Morgan fingerprint density at radius 2 is 2.10 bits per heavy atom. The van der Waals surface area contributed by atoms with Gasteiger partial charge in [0.1, 0.15) is 5.65 Å². The summed E-state index contributed by atoms with van der Waals surface area (Å²) in [5.74, 6) is 0.279. The van der Waals surface area contributed by atoms with Gasteiger partial charge in [-0.3, -0.25) is 4.40 Å². The first kappa shape index (κ1) is 15.7. The van der Waals surface area contributed by atoms with Crippen LogP contribution in [0.5, 0.6) is 0 Å². The van der Waals surface area contributed by atoms with E-state index in [1.54, 1.807) is 45.3 Å². The van der Waals surface area contributed by atoms with Crippen molar-refractivity contribution in [3.63, 3.8) is 0 Å². The van der Waals surface area contributed by atoms with E-state index in [4.69, 9.17) is 0 Å². The molecule has 0 unspecified atom stereocenters. The normalized spacial score (nSPS) is 13.0. The van der Waals surface area contributed by atoms with Gasteiger partial charge in [0.2, 0.25) is 0 Å². The van der Waals surface area contributed by atoms with Gasteiger partial charge in [0.25, 0.3) is 10.0 Å². The Labute approximate surface area is 124 Å². The fourth-order valence-electron chi connectivity index (χ4n) is 1.94. The first-order valence-electron chi connectivity index (χ1n) is 6.50. The van der Waals surface area contributed by atoms with Crippen LogP contribution in [0.2, 0.25) is 0 Å². The molecule has 0 atom stereocenters. The molecule has 8 heteroatoms. The Morgan fingerprint density at radius 1 is 1.43 bits per heavy atom. The Kier molecular flexibility index (Phi) is 3.96. The number of fused-ring (bicyclic) bond motifs is 1. The zero-order valence-corrected chi connectivity index (χ0v) is 13.3. The summed E-state index contributed by atoms with van der Waals surface area (Å²) >= 11 is 0. The molecule has 0 aliphatic heterocycles. The quantitative estimate of drug-likeness (QED) is 0.851. The average molecular weight is 312 g/mol. The number of hydrogen-bond acceptors (Lipinski definition) is 5. The largest absolute Gasteiger partial charge is 0.394 e. The molecular weight excluding hydrogens is 292 g/mol. The molecule has 2 rings (SSSR count). The van der Waals surface area contributed by atoms with Gasteiger partial charge in [-0.15, -0.1) is 0 Å². The van der Waals surface area contributed by atoms with Crippen LogP contribution in [0, 0.1) is 0 Å². The van der Waals surface area contributed by atoms with Crippen molar-refractivity contribution in [3.05, 3.63) is 24.4 Å². The molecule has 0 spiro atoms. The number of nitrogens with one attached hydrogen (secondary N) is 1. The first-order chi connectivity index (χ1) is 9.75. The molecule has 2 aromatic rings. The van der Waals surface area contributed by atoms with Gasteiger partial charge in [0.15, 0.2) is 10.8 Å². The van der Waals surface area contributed by atoms with Crippen LogP contribution in [0.1, 0.15) is 13.8 Å². The number of sulfonamides is 1. The van der Waals surface area contributed by atoms with Crippen molar-refractivity contribution in [1.82, 2.24) is 13.7 Å². The zero-order valence-electron chi connectivity index (χ0n) is 12.5. The second kappa shape index (κ2) is 5.28. The highest BCUT2D eigenvalue weighted by Crippen LogP contribution is 2.28. The summed E-state index contributed by atoms with van der Waals surface area (Å²) in [5, 5.41) is 12.3. The van der Waals surface area contributed by atoms with E-state index in [-0.39, 0.29) is 17.5 Å². The van der Waals surface area contributed by atoms with E-state index in [9.17, 15) is 13.5 Å². The third-order valence-corrected chi connectivity index (χ3v) is 5.66. The van der Waals surface area contributed by atoms with Crippen LogP contribution in [0.25, 0.3) is 5.65 Å². The van der Waals surface area contributed by atoms with Gasteiger partial charge in [-0.2, -0.15) is 4.31 Å². The molecule has 2 heterocycles. The molecule has 7 nitrogen and oxygen atoms in total. The summed E-state index contributed by atoms with van der Waals surface area (Å²) in [7, 11) is -0.749. The Morgan fingerprint density at radius 3 is 2.67 bits per heavy atom. The van der Waals surface area contributed by atoms with Crippen molar-refractivity contribution in [3.8, 4) is 0 Å². The molecule has 0 aliphatic carbocycles. The minimum atomic E-state index is -3.82. The molecular formula is C13H20N4O3S. The summed E-state index contributed by atoms with van der Waals surface area (Å²) in [6.07, 6.45) is 1.65. The summed E-state index contributed by atoms with van der Waals surface area (Å²) in [6.45, 7) is 3.04. The maximum absolute atomic E-state index is 12.9. The lowest BCUT2D eigenvalue weighted by molar-refractivity contribution is 0.137. The van der Waals surface area contributed by atoms with Crippen LogP contribution >= 0.6 is 0 Å². The summed E-state index contributed by atoms with van der Waals surface area (Å²) < 4.78 is 28.5. The van der Waals surface area contributed by atoms with Gasteiger partial charge in [-0.25, -0.2) is 13.4 Å². The molecule has 0 saturated heterocycles. The molecule has 0 bridgehead atoms. The second-order valence-corrected chi connectivity index (χ2v) is 7.27. The van der Waals surface area contributed by atoms with E-state index in [1.807, 2.05) is 0 Å². The molecule has 0 aromatic carbocycles. The molecule has 0 aliphatic rings. The van der Waals surface area contributed by atoms with Crippen LogP contribution in [-0.2, 0) is 10.0 Å². The number of aromatic nitrogens is 2. The van der Waals surface area contributed by atoms with Crippen LogP contribution < -0.4 is 5.32 Å². The van der Waals surface area contributed by atoms with Crippen molar-refractivity contribution in [2.45, 2.75) is 24.4 Å². The smallest absolute Gasteiger partial charge is 0.263 e. The predicted molar refractivity (Wildman–Crippen MR) is 80.9 cm³/mol. The lowest BCUT2D eigenvalue weighted by Gasteiger charge is -2.32. The van der Waals surface area contributed by atoms with Crippen LogP contribution in [0.3, 0.4) is 0 Å². The minimum absolute atomic E-state index is 0.0598. The van der Waals surface area contributed by atoms with Crippen molar-refractivity contribution < 1.29 is 13.5 Å². The molecule has 116 valence electrons. The number of likely N-dealkylation sites (N-methyl/N-ethyl adjacent to an activating group) is 1. The van der Waals surface area contributed by atoms with E-state index in [0.29, 0.717) is 5.65 Å². The van der Waals surface area contributed by atoms with Crippen molar-refractivity contribution in [2.75, 3.05) is 26.0 Å². The number of aliphatic hydroxyl groups is 1. The maximum atomic E-state index is 12.9. The van der Waals surface area contributed by atoms with E-state index in [1.165, 1.54) is 11.4 Å². The Balaban J connectivity index is 2.70. The van der Waals surface area contributed by atoms with Crippen LogP contribution in [0.4, 0.5) is 5.82 Å². The molecule has 0 fully saturated rings. The topological polar surface area (TPSA) is 86.9 Å². The van der Waals surface area contributed by atoms with Crippen LogP contribution in [-0.4, -0.2) is 53.5 Å². The highest BCUT2D eigenvalue weighted by atomic mass is 32.2. The minimum Gasteiger partial charge on any atom is -0.394 e. The third-order valence-electron chi connectivity index (χ3n) is 3.57. The number of rotatable bonds is 5. The van der Waals surface area contributed by atoms with Crippen LogP contribution in [0.15, 0.2) is 29.4 Å². The number of imidazole rings is 1. The van der Waals surface area contributed by atoms with E-state index >= 15 is 0 Å². The third kappa shape index (κ3) is 2.50. The fraction of sp³-hybridized carbons (Fsp3) is 0.462. The second-order valence-electron chi connectivity index (χ2n) is 5.39. The molecule has 2 aromatic heterocycles. The highest BCUT2D eigenvalue weighted by Gasteiger charge is 2.37. The molecule has 2 N–H and O–H groups in total. The number of hydrogen-bond donors (Lipinski definition) is 2. The van der Waals surface area contributed by atoms with Gasteiger partial charge in [0.05, 0.1) is 12.1 Å². The van der Waals surface area contributed by atoms with E-state index in [2.05, 4.69) is 10.3 Å². The van der Waals surface area contributed by atoms with E-state index < -0.39 is 15.6 Å². The molecule has 0 radical (unpaired) electrons. The van der Waals surface area contributed by atoms with Gasteiger partial charge >= 0.3 is 0 Å². The SMILES string of the molecule is CNc1nc2ccccn2c1S(=O)(=O)N(C)C(C)(C)CO. The van der Waals surface area contributed by atoms with Gasteiger partial charge in [0, 0.05) is 20.3 Å². The summed E-state index contributed by atoms with van der Waals surface area (Å²) in [6, 6.07) is 5.26. The van der Waals surface area contributed by atoms with Gasteiger partial charge in [-0.1, -0.05) is 6.07 Å². The van der Waals surface area contributed by atoms with Gasteiger partial charge < -0.3 is 10.4 Å². The summed E-state index contributed by atoms with van der Waals surface area (Å²) in [5.41, 5.74) is -0.376. The lowest BCUT2D eigenvalue weighted by Crippen LogP contribution is -2.47. The first-order valence-corrected chi connectivity index (χ1v) is 7.94. The summed E-state index contributed by atoms with van der Waals surface area (Å²) in [4.78, 5) is 4.27. The predicted octanol–water partition coefficient (Wildman–Crippen LogP) is 0.767. The Hall–Kier alpha value is -1.64. The molecule has 0 amide bonds. The van der Waals surface area contributed by atoms with Crippen molar-refractivity contribution in [2.24, 2.45) is 0 Å². The zero-order chi connectivity index (χ0) is 15.8. The number of anilines is 1. The number of pyridine rings is 1. The Bertz CT molecular complexity index is 752. The fourth-order valence-corrected chi connectivity index (χ4v) is 3.70.